The second kappa shape index (κ2) is 4.50. The zero-order valence-corrected chi connectivity index (χ0v) is 11.5. The lowest BCUT2D eigenvalue weighted by molar-refractivity contribution is 0.0541. The summed E-state index contributed by atoms with van der Waals surface area (Å²) in [5.41, 5.74) is 1.29. The van der Waals surface area contributed by atoms with Gasteiger partial charge in [0.15, 0.2) is 5.75 Å². The lowest BCUT2D eigenvalue weighted by Gasteiger charge is -2.51. The molecule has 0 aromatic heterocycles. The van der Waals surface area contributed by atoms with Crippen LogP contribution in [-0.2, 0) is 0 Å². The molecular weight excluding hydrogens is 260 g/mol. The van der Waals surface area contributed by atoms with E-state index < -0.39 is 0 Å². The fourth-order valence-corrected chi connectivity index (χ4v) is 4.05. The molecule has 1 aliphatic carbocycles. The van der Waals surface area contributed by atoms with E-state index in [1.807, 2.05) is 24.3 Å². The summed E-state index contributed by atoms with van der Waals surface area (Å²) in [5.74, 6) is 2.91. The van der Waals surface area contributed by atoms with Crippen molar-refractivity contribution in [2.75, 3.05) is 19.6 Å². The van der Waals surface area contributed by atoms with Crippen molar-refractivity contribution >= 4 is 17.3 Å². The predicted octanol–water partition coefficient (Wildman–Crippen LogP) is 3.05. The second-order valence-corrected chi connectivity index (χ2v) is 6.45. The quantitative estimate of drug-likeness (QED) is 0.776. The van der Waals surface area contributed by atoms with E-state index in [1.165, 1.54) is 38.2 Å². The van der Waals surface area contributed by atoms with Gasteiger partial charge in [-0.3, -0.25) is 0 Å². The van der Waals surface area contributed by atoms with E-state index in [0.717, 1.165) is 16.7 Å². The van der Waals surface area contributed by atoms with Crippen molar-refractivity contribution in [1.29, 1.82) is 0 Å². The van der Waals surface area contributed by atoms with Crippen molar-refractivity contribution in [2.24, 2.45) is 22.9 Å². The summed E-state index contributed by atoms with van der Waals surface area (Å²) < 4.78 is 0. The van der Waals surface area contributed by atoms with Crippen LogP contribution in [0.2, 0.25) is 5.02 Å². The molecule has 4 aliphatic rings. The average Bonchev–Trinajstić information content (AvgIpc) is 2.39. The van der Waals surface area contributed by atoms with Crippen LogP contribution in [0, 0.1) is 17.8 Å². The molecule has 3 nitrogen and oxygen atoms in total. The first kappa shape index (κ1) is 11.7. The Labute approximate surface area is 118 Å². The topological polar surface area (TPSA) is 24.8 Å². The molecule has 0 spiro atoms. The Bertz CT molecular complexity index is 481. The Morgan fingerprint density at radius 1 is 1.05 bits per heavy atom. The van der Waals surface area contributed by atoms with Crippen molar-refractivity contribution in [3.63, 3.8) is 0 Å². The fraction of sp³-hybridized carbons (Fsp3) is 0.533. The summed E-state index contributed by atoms with van der Waals surface area (Å²) in [6.07, 6.45) is 2.60. The first-order valence-corrected chi connectivity index (χ1v) is 7.38. The van der Waals surface area contributed by atoms with Crippen LogP contribution in [0.25, 0.3) is 0 Å². The first-order valence-electron chi connectivity index (χ1n) is 7.00. The van der Waals surface area contributed by atoms with Gasteiger partial charge < -0.3 is 9.74 Å². The van der Waals surface area contributed by atoms with Gasteiger partial charge in [-0.25, -0.2) is 0 Å². The van der Waals surface area contributed by atoms with Crippen LogP contribution >= 0.6 is 11.6 Å². The molecule has 1 aromatic carbocycles. The smallest absolute Gasteiger partial charge is 0.158 e. The van der Waals surface area contributed by atoms with Gasteiger partial charge in [-0.2, -0.15) is 0 Å². The van der Waals surface area contributed by atoms with E-state index in [0.29, 0.717) is 11.8 Å². The van der Waals surface area contributed by atoms with Crippen LogP contribution in [0.4, 0.5) is 0 Å². The summed E-state index contributed by atoms with van der Waals surface area (Å²) in [6.45, 7) is 3.66. The third-order valence-electron chi connectivity index (χ3n) is 4.62. The molecule has 100 valence electrons. The zero-order valence-electron chi connectivity index (χ0n) is 10.8. The van der Waals surface area contributed by atoms with Crippen LogP contribution in [0.3, 0.4) is 0 Å². The molecule has 2 atom stereocenters. The number of nitrogens with zero attached hydrogens (tertiary/aromatic N) is 2. The third-order valence-corrected chi connectivity index (χ3v) is 4.87. The molecule has 3 saturated heterocycles. The van der Waals surface area contributed by atoms with Crippen LogP contribution < -0.4 is 4.84 Å². The van der Waals surface area contributed by atoms with Crippen molar-refractivity contribution in [3.05, 3.63) is 29.3 Å². The normalized spacial score (nSPS) is 35.5. The molecule has 2 unspecified atom stereocenters. The second-order valence-electron chi connectivity index (χ2n) is 6.01. The molecule has 5 rings (SSSR count). The number of hydrogen-bond acceptors (Lipinski definition) is 3. The molecule has 3 aliphatic heterocycles. The fourth-order valence-electron chi connectivity index (χ4n) is 3.92. The van der Waals surface area contributed by atoms with E-state index in [9.17, 15) is 0 Å². The highest BCUT2D eigenvalue weighted by Crippen LogP contribution is 2.41. The molecule has 0 radical (unpaired) electrons. The van der Waals surface area contributed by atoms with Gasteiger partial charge in [0.1, 0.15) is 0 Å². The Morgan fingerprint density at radius 3 is 2.37 bits per heavy atom. The summed E-state index contributed by atoms with van der Waals surface area (Å²) >= 11 is 5.86. The SMILES string of the molecule is Clc1ccc(ON=C2C3CC4CC2CN(C4)C3)cc1. The Balaban J connectivity index is 1.52. The lowest BCUT2D eigenvalue weighted by atomic mass is 9.67. The highest BCUT2D eigenvalue weighted by molar-refractivity contribution is 6.30. The molecule has 4 heteroatoms. The number of rotatable bonds is 2. The number of benzene rings is 1. The molecule has 3 heterocycles. The molecular formula is C15H17ClN2O. The van der Waals surface area contributed by atoms with Crippen LogP contribution in [-0.4, -0.2) is 30.2 Å². The first-order chi connectivity index (χ1) is 9.28. The predicted molar refractivity (Wildman–Crippen MR) is 75.7 cm³/mol. The minimum atomic E-state index is 0.624. The summed E-state index contributed by atoms with van der Waals surface area (Å²) in [7, 11) is 0. The number of oxime groups is 1. The van der Waals surface area contributed by atoms with Crippen LogP contribution in [0.1, 0.15) is 12.8 Å². The van der Waals surface area contributed by atoms with Gasteiger partial charge in [0.25, 0.3) is 0 Å². The van der Waals surface area contributed by atoms with Gasteiger partial charge in [-0.15, -0.1) is 0 Å². The maximum atomic E-state index is 5.86. The average molecular weight is 277 g/mol. The number of piperidine rings is 3. The summed E-state index contributed by atoms with van der Waals surface area (Å²) in [5, 5.41) is 5.19. The van der Waals surface area contributed by atoms with Crippen molar-refractivity contribution in [1.82, 2.24) is 4.90 Å². The lowest BCUT2D eigenvalue weighted by Crippen LogP contribution is -2.58. The minimum Gasteiger partial charge on any atom is -0.357 e. The Morgan fingerprint density at radius 2 is 1.74 bits per heavy atom. The summed E-state index contributed by atoms with van der Waals surface area (Å²) in [4.78, 5) is 8.19. The maximum Gasteiger partial charge on any atom is 0.158 e. The van der Waals surface area contributed by atoms with Gasteiger partial charge in [-0.1, -0.05) is 16.8 Å². The molecule has 0 N–H and O–H groups in total. The van der Waals surface area contributed by atoms with E-state index in [-0.39, 0.29) is 0 Å². The molecule has 1 aromatic rings. The standard InChI is InChI=1S/C15H17ClN2O/c16-13-1-3-14(4-2-13)19-17-15-11-5-10-6-12(15)9-18(7-10)8-11/h1-4,10-12H,5-9H2. The van der Waals surface area contributed by atoms with E-state index in [2.05, 4.69) is 10.1 Å². The molecule has 19 heavy (non-hydrogen) atoms. The third kappa shape index (κ3) is 2.15. The van der Waals surface area contributed by atoms with Gasteiger partial charge in [0, 0.05) is 36.5 Å². The number of hydrogen-bond donors (Lipinski definition) is 0. The Hall–Kier alpha value is -1.06. The number of halogens is 1. The van der Waals surface area contributed by atoms with Crippen molar-refractivity contribution in [3.8, 4) is 5.75 Å². The van der Waals surface area contributed by atoms with E-state index in [1.54, 1.807) is 0 Å². The Kier molecular flexibility index (Phi) is 2.78. The van der Waals surface area contributed by atoms with Crippen molar-refractivity contribution in [2.45, 2.75) is 12.8 Å². The molecule has 0 amide bonds. The van der Waals surface area contributed by atoms with Crippen LogP contribution in [0.15, 0.2) is 29.4 Å². The van der Waals surface area contributed by atoms with E-state index in [4.69, 9.17) is 16.4 Å². The summed E-state index contributed by atoms with van der Waals surface area (Å²) in [6, 6.07) is 7.40. The largest absolute Gasteiger partial charge is 0.357 e. The van der Waals surface area contributed by atoms with Gasteiger partial charge in [0.2, 0.25) is 0 Å². The molecule has 4 fully saturated rings. The van der Waals surface area contributed by atoms with E-state index >= 15 is 0 Å². The van der Waals surface area contributed by atoms with Crippen LogP contribution in [0.5, 0.6) is 5.75 Å². The zero-order chi connectivity index (χ0) is 12.8. The minimum absolute atomic E-state index is 0.624. The van der Waals surface area contributed by atoms with Gasteiger partial charge in [0.05, 0.1) is 5.71 Å². The molecule has 1 saturated carbocycles. The molecule has 4 bridgehead atoms. The monoisotopic (exact) mass is 276 g/mol. The highest BCUT2D eigenvalue weighted by atomic mass is 35.5. The maximum absolute atomic E-state index is 5.86. The van der Waals surface area contributed by atoms with Gasteiger partial charge >= 0.3 is 0 Å². The van der Waals surface area contributed by atoms with Crippen molar-refractivity contribution < 1.29 is 4.84 Å². The van der Waals surface area contributed by atoms with Gasteiger partial charge in [-0.05, 0) is 43.0 Å². The highest BCUT2D eigenvalue weighted by Gasteiger charge is 2.45.